The normalized spacial score (nSPS) is 13.1. The monoisotopic (exact) mass is 437 g/mol. The van der Waals surface area contributed by atoms with Crippen LogP contribution in [0.3, 0.4) is 0 Å². The van der Waals surface area contributed by atoms with Crippen molar-refractivity contribution < 1.29 is 14.7 Å². The Bertz CT molecular complexity index is 1320. The molecule has 31 heavy (non-hydrogen) atoms. The molecule has 1 aromatic carbocycles. The van der Waals surface area contributed by atoms with Crippen LogP contribution < -0.4 is 16.6 Å². The van der Waals surface area contributed by atoms with Gasteiger partial charge < -0.3 is 21.1 Å². The van der Waals surface area contributed by atoms with Crippen molar-refractivity contribution in [1.82, 2.24) is 20.3 Å². The van der Waals surface area contributed by atoms with Crippen molar-refractivity contribution in [2.45, 2.75) is 18.9 Å². The van der Waals surface area contributed by atoms with Gasteiger partial charge >= 0.3 is 5.97 Å². The lowest BCUT2D eigenvalue weighted by Gasteiger charge is -2.14. The Labute approximate surface area is 180 Å². The summed E-state index contributed by atoms with van der Waals surface area (Å²) in [6.45, 7) is 1.91. The molecule has 0 aliphatic rings. The van der Waals surface area contributed by atoms with E-state index in [2.05, 4.69) is 20.3 Å². The molecular weight excluding hydrogens is 418 g/mol. The fourth-order valence-electron chi connectivity index (χ4n) is 3.42. The van der Waals surface area contributed by atoms with E-state index in [1.165, 1.54) is 11.3 Å². The van der Waals surface area contributed by atoms with Gasteiger partial charge in [-0.2, -0.15) is 4.98 Å². The Hall–Kier alpha value is -3.92. The minimum absolute atomic E-state index is 0.0278. The molecular formula is C21H19N5O4S. The number of fused-ring (bicyclic) bond motifs is 1. The number of nitrogens with two attached hydrogens (primary N) is 1. The maximum absolute atomic E-state index is 12.7. The number of nitrogens with zero attached hydrogens (tertiary/aromatic N) is 1. The van der Waals surface area contributed by atoms with Gasteiger partial charge in [-0.15, -0.1) is 11.3 Å². The third-order valence-electron chi connectivity index (χ3n) is 4.99. The number of rotatable bonds is 6. The summed E-state index contributed by atoms with van der Waals surface area (Å²) < 4.78 is 0. The summed E-state index contributed by atoms with van der Waals surface area (Å²) in [5, 5.41) is 12.5. The standard InChI is InChI=1S/C21H19N5O4S/c1-10(12-9-23-17-15(12)19(28)26-21(22)25-17)13-7-8-14(31-13)18(27)24-16(20(29)30)11-5-3-2-4-6-11/h2-10,16H,1H3,(H,24,27)(H,29,30)(H4,22,23,25,26,28). The predicted octanol–water partition coefficient (Wildman–Crippen LogP) is 2.60. The van der Waals surface area contributed by atoms with Crippen molar-refractivity contribution >= 4 is 40.2 Å². The zero-order valence-corrected chi connectivity index (χ0v) is 17.2. The SMILES string of the molecule is CC(c1ccc(C(=O)NC(C(=O)O)c2ccccc2)s1)c1c[nH]c2nc(N)[nH]c(=O)c12. The Balaban J connectivity index is 1.59. The number of aromatic amines is 2. The largest absolute Gasteiger partial charge is 0.479 e. The third-order valence-corrected chi connectivity index (χ3v) is 6.26. The molecule has 3 heterocycles. The van der Waals surface area contributed by atoms with E-state index >= 15 is 0 Å². The number of anilines is 1. The van der Waals surface area contributed by atoms with Crippen LogP contribution in [0.15, 0.2) is 53.5 Å². The van der Waals surface area contributed by atoms with Gasteiger partial charge in [0.1, 0.15) is 5.65 Å². The lowest BCUT2D eigenvalue weighted by molar-refractivity contribution is -0.139. The summed E-state index contributed by atoms with van der Waals surface area (Å²) in [5.74, 6) is -1.79. The smallest absolute Gasteiger partial charge is 0.330 e. The van der Waals surface area contributed by atoms with Crippen LogP contribution in [0.1, 0.15) is 44.6 Å². The molecule has 9 nitrogen and oxygen atoms in total. The minimum Gasteiger partial charge on any atom is -0.479 e. The first-order chi connectivity index (χ1) is 14.8. The quantitative estimate of drug-likeness (QED) is 0.312. The van der Waals surface area contributed by atoms with Crippen molar-refractivity contribution in [3.8, 4) is 0 Å². The number of carboxylic acid groups (broad SMARTS) is 1. The average Bonchev–Trinajstić information content (AvgIpc) is 3.39. The van der Waals surface area contributed by atoms with E-state index in [-0.39, 0.29) is 17.4 Å². The number of aliphatic carboxylic acids is 1. The number of hydrogen-bond acceptors (Lipinski definition) is 6. The van der Waals surface area contributed by atoms with E-state index in [4.69, 9.17) is 5.73 Å². The number of thiophene rings is 1. The van der Waals surface area contributed by atoms with E-state index in [1.54, 1.807) is 48.7 Å². The molecule has 6 N–H and O–H groups in total. The maximum Gasteiger partial charge on any atom is 0.330 e. The molecule has 4 aromatic rings. The molecule has 0 fully saturated rings. The van der Waals surface area contributed by atoms with Gasteiger partial charge in [-0.05, 0) is 23.3 Å². The first kappa shape index (κ1) is 20.4. The second kappa shape index (κ2) is 8.07. The summed E-state index contributed by atoms with van der Waals surface area (Å²) in [6, 6.07) is 10.8. The van der Waals surface area contributed by atoms with E-state index in [0.717, 1.165) is 10.4 Å². The number of carboxylic acids is 1. The molecule has 0 saturated heterocycles. The number of carbonyl (C=O) groups is 2. The van der Waals surface area contributed by atoms with Crippen LogP contribution in [0.25, 0.3) is 11.0 Å². The fraction of sp³-hybridized carbons (Fsp3) is 0.143. The number of nitrogen functional groups attached to an aromatic ring is 1. The highest BCUT2D eigenvalue weighted by Gasteiger charge is 2.24. The average molecular weight is 437 g/mol. The van der Waals surface area contributed by atoms with Crippen molar-refractivity contribution in [1.29, 1.82) is 0 Å². The van der Waals surface area contributed by atoms with Crippen molar-refractivity contribution in [2.24, 2.45) is 0 Å². The number of H-pyrrole nitrogens is 2. The maximum atomic E-state index is 12.7. The molecule has 0 radical (unpaired) electrons. The van der Waals surface area contributed by atoms with Gasteiger partial charge in [0.15, 0.2) is 6.04 Å². The van der Waals surface area contributed by atoms with Gasteiger partial charge in [-0.3, -0.25) is 14.6 Å². The molecule has 2 atom stereocenters. The summed E-state index contributed by atoms with van der Waals surface area (Å²) in [5.41, 5.74) is 6.85. The van der Waals surface area contributed by atoms with Crippen LogP contribution in [-0.2, 0) is 4.79 Å². The molecule has 10 heteroatoms. The lowest BCUT2D eigenvalue weighted by Crippen LogP contribution is -2.33. The molecule has 2 unspecified atom stereocenters. The summed E-state index contributed by atoms with van der Waals surface area (Å²) in [4.78, 5) is 47.5. The van der Waals surface area contributed by atoms with Crippen LogP contribution in [-0.4, -0.2) is 31.9 Å². The number of benzene rings is 1. The highest BCUT2D eigenvalue weighted by molar-refractivity contribution is 7.14. The zero-order chi connectivity index (χ0) is 22.1. The van der Waals surface area contributed by atoms with E-state index in [9.17, 15) is 19.5 Å². The van der Waals surface area contributed by atoms with Crippen LogP contribution in [0.5, 0.6) is 0 Å². The first-order valence-corrected chi connectivity index (χ1v) is 10.2. The summed E-state index contributed by atoms with van der Waals surface area (Å²) in [7, 11) is 0. The molecule has 0 aliphatic heterocycles. The van der Waals surface area contributed by atoms with Gasteiger partial charge in [-0.1, -0.05) is 37.3 Å². The number of amides is 1. The molecule has 0 spiro atoms. The topological polar surface area (TPSA) is 154 Å². The van der Waals surface area contributed by atoms with E-state index in [0.29, 0.717) is 21.5 Å². The van der Waals surface area contributed by atoms with Gasteiger partial charge in [0, 0.05) is 17.0 Å². The minimum atomic E-state index is -1.15. The first-order valence-electron chi connectivity index (χ1n) is 9.40. The van der Waals surface area contributed by atoms with Crippen LogP contribution in [0.4, 0.5) is 5.95 Å². The molecule has 158 valence electrons. The molecule has 0 saturated carbocycles. The number of hydrogen-bond donors (Lipinski definition) is 5. The second-order valence-corrected chi connectivity index (χ2v) is 8.11. The van der Waals surface area contributed by atoms with Crippen LogP contribution in [0, 0.1) is 0 Å². The fourth-order valence-corrected chi connectivity index (χ4v) is 4.40. The Kier molecular flexibility index (Phi) is 5.30. The van der Waals surface area contributed by atoms with Crippen LogP contribution in [0.2, 0.25) is 0 Å². The van der Waals surface area contributed by atoms with Crippen LogP contribution >= 0.6 is 11.3 Å². The van der Waals surface area contributed by atoms with Gasteiger partial charge in [0.25, 0.3) is 11.5 Å². The van der Waals surface area contributed by atoms with Crippen molar-refractivity contribution in [2.75, 3.05) is 5.73 Å². The van der Waals surface area contributed by atoms with Crippen molar-refractivity contribution in [3.05, 3.63) is 79.9 Å². The number of carbonyl (C=O) groups excluding carboxylic acids is 1. The molecule has 1 amide bonds. The molecule has 0 bridgehead atoms. The third kappa shape index (κ3) is 3.92. The van der Waals surface area contributed by atoms with E-state index in [1.807, 2.05) is 6.92 Å². The lowest BCUT2D eigenvalue weighted by atomic mass is 10.0. The highest BCUT2D eigenvalue weighted by Crippen LogP contribution is 2.33. The second-order valence-electron chi connectivity index (χ2n) is 7.00. The molecule has 4 rings (SSSR count). The zero-order valence-electron chi connectivity index (χ0n) is 16.4. The predicted molar refractivity (Wildman–Crippen MR) is 117 cm³/mol. The van der Waals surface area contributed by atoms with Gasteiger partial charge in [0.05, 0.1) is 10.3 Å². The van der Waals surface area contributed by atoms with E-state index < -0.39 is 17.9 Å². The van der Waals surface area contributed by atoms with Gasteiger partial charge in [0.2, 0.25) is 5.95 Å². The Morgan fingerprint density at radius 1 is 1.19 bits per heavy atom. The summed E-state index contributed by atoms with van der Waals surface area (Å²) >= 11 is 1.24. The molecule has 0 aliphatic carbocycles. The van der Waals surface area contributed by atoms with Crippen molar-refractivity contribution in [3.63, 3.8) is 0 Å². The number of nitrogens with one attached hydrogen (secondary N) is 3. The summed E-state index contributed by atoms with van der Waals surface area (Å²) in [6.07, 6.45) is 1.70. The Morgan fingerprint density at radius 3 is 2.65 bits per heavy atom. The Morgan fingerprint density at radius 2 is 1.94 bits per heavy atom. The highest BCUT2D eigenvalue weighted by atomic mass is 32.1. The number of aromatic nitrogens is 3. The van der Waals surface area contributed by atoms with Gasteiger partial charge in [-0.25, -0.2) is 4.79 Å². The molecule has 3 aromatic heterocycles.